The molecule has 4 heteroatoms. The molecule has 2 nitrogen and oxygen atoms in total. The van der Waals surface area contributed by atoms with E-state index in [-0.39, 0.29) is 0 Å². The van der Waals surface area contributed by atoms with Gasteiger partial charge in [0.1, 0.15) is 0 Å². The van der Waals surface area contributed by atoms with E-state index >= 15 is 0 Å². The van der Waals surface area contributed by atoms with Gasteiger partial charge in [-0.15, -0.1) is 0 Å². The van der Waals surface area contributed by atoms with Crippen molar-refractivity contribution in [3.8, 4) is 0 Å². The van der Waals surface area contributed by atoms with E-state index in [0.717, 1.165) is 36.0 Å². The smallest absolute Gasteiger partial charge is 0.0409 e. The maximum Gasteiger partial charge on any atom is 0.0409 e. The molecule has 18 heavy (non-hydrogen) atoms. The van der Waals surface area contributed by atoms with E-state index in [4.69, 9.17) is 0 Å². The van der Waals surface area contributed by atoms with Gasteiger partial charge in [-0.3, -0.25) is 4.90 Å². The highest BCUT2D eigenvalue weighted by molar-refractivity contribution is 9.10. The predicted octanol–water partition coefficient (Wildman–Crippen LogP) is 3.87. The van der Waals surface area contributed by atoms with Crippen molar-refractivity contribution in [3.05, 3.63) is 28.2 Å². The van der Waals surface area contributed by atoms with Gasteiger partial charge in [0, 0.05) is 47.7 Å². The molecule has 100 valence electrons. The molecule has 0 aliphatic carbocycles. The molecule has 0 spiro atoms. The van der Waals surface area contributed by atoms with Gasteiger partial charge >= 0.3 is 0 Å². The summed E-state index contributed by atoms with van der Waals surface area (Å²) in [4.78, 5) is 5.05. The number of anilines is 1. The fourth-order valence-electron chi connectivity index (χ4n) is 2.45. The molecule has 0 saturated carbocycles. The van der Waals surface area contributed by atoms with Crippen LogP contribution in [-0.4, -0.2) is 37.1 Å². The zero-order chi connectivity index (χ0) is 13.1. The minimum Gasteiger partial charge on any atom is -0.369 e. The summed E-state index contributed by atoms with van der Waals surface area (Å²) in [5, 5.41) is 0.909. The fourth-order valence-corrected chi connectivity index (χ4v) is 3.31. The van der Waals surface area contributed by atoms with Crippen LogP contribution in [0.25, 0.3) is 0 Å². The first kappa shape index (κ1) is 14.4. The summed E-state index contributed by atoms with van der Waals surface area (Å²) in [5.41, 5.74) is 2.74. The van der Waals surface area contributed by atoms with Gasteiger partial charge in [0.05, 0.1) is 0 Å². The number of piperazine rings is 1. The van der Waals surface area contributed by atoms with Gasteiger partial charge in [-0.05, 0) is 37.6 Å². The van der Waals surface area contributed by atoms with Gasteiger partial charge in [-0.2, -0.15) is 0 Å². The zero-order valence-corrected chi connectivity index (χ0v) is 14.2. The molecule has 1 saturated heterocycles. The standard InChI is InChI=1S/C14H20Br2N2/c1-11(2)17-5-7-18(8-6-17)14-4-3-13(16)9-12(14)10-15/h3-4,9,11H,5-8,10H2,1-2H3. The average Bonchev–Trinajstić information content (AvgIpc) is 2.38. The Bertz CT molecular complexity index is 399. The molecular weight excluding hydrogens is 356 g/mol. The number of hydrogen-bond acceptors (Lipinski definition) is 2. The quantitative estimate of drug-likeness (QED) is 0.739. The SMILES string of the molecule is CC(C)N1CCN(c2ccc(Br)cc2CBr)CC1. The first-order chi connectivity index (χ1) is 8.61. The average molecular weight is 376 g/mol. The van der Waals surface area contributed by atoms with Crippen LogP contribution >= 0.6 is 31.9 Å². The maximum absolute atomic E-state index is 3.59. The monoisotopic (exact) mass is 374 g/mol. The molecule has 1 fully saturated rings. The van der Waals surface area contributed by atoms with Gasteiger partial charge in [0.2, 0.25) is 0 Å². The molecule has 1 aromatic carbocycles. The van der Waals surface area contributed by atoms with Crippen molar-refractivity contribution in [1.29, 1.82) is 0 Å². The van der Waals surface area contributed by atoms with Crippen LogP contribution in [0, 0.1) is 0 Å². The minimum atomic E-state index is 0.660. The summed E-state index contributed by atoms with van der Waals surface area (Å²) in [7, 11) is 0. The van der Waals surface area contributed by atoms with E-state index in [2.05, 4.69) is 73.7 Å². The van der Waals surface area contributed by atoms with Crippen LogP contribution in [0.2, 0.25) is 0 Å². The highest BCUT2D eigenvalue weighted by Crippen LogP contribution is 2.27. The second kappa shape index (κ2) is 6.40. The Morgan fingerprint density at radius 2 is 1.83 bits per heavy atom. The normalized spacial score (nSPS) is 17.5. The van der Waals surface area contributed by atoms with E-state index in [1.54, 1.807) is 0 Å². The molecule has 0 N–H and O–H groups in total. The molecule has 0 unspecified atom stereocenters. The number of halogens is 2. The first-order valence-electron chi connectivity index (χ1n) is 6.45. The predicted molar refractivity (Wildman–Crippen MR) is 85.7 cm³/mol. The summed E-state index contributed by atoms with van der Waals surface area (Å²) in [6, 6.07) is 7.23. The van der Waals surface area contributed by atoms with Crippen LogP contribution in [0.3, 0.4) is 0 Å². The van der Waals surface area contributed by atoms with E-state index < -0.39 is 0 Å². The van der Waals surface area contributed by atoms with Gasteiger partial charge in [-0.1, -0.05) is 31.9 Å². The molecule has 0 aromatic heterocycles. The Hall–Kier alpha value is -0.0600. The second-order valence-electron chi connectivity index (χ2n) is 5.02. The lowest BCUT2D eigenvalue weighted by Gasteiger charge is -2.38. The molecule has 1 aliphatic rings. The number of rotatable bonds is 3. The van der Waals surface area contributed by atoms with Crippen molar-refractivity contribution in [3.63, 3.8) is 0 Å². The van der Waals surface area contributed by atoms with Crippen molar-refractivity contribution in [2.75, 3.05) is 31.1 Å². The Morgan fingerprint density at radius 1 is 1.17 bits per heavy atom. The molecule has 0 atom stereocenters. The summed E-state index contributed by atoms with van der Waals surface area (Å²) < 4.78 is 1.15. The van der Waals surface area contributed by atoms with Crippen LogP contribution in [0.15, 0.2) is 22.7 Å². The summed E-state index contributed by atoms with van der Waals surface area (Å²) in [6.07, 6.45) is 0. The van der Waals surface area contributed by atoms with E-state index in [0.29, 0.717) is 6.04 Å². The third-order valence-corrected chi connectivity index (χ3v) is 4.67. The number of hydrogen-bond donors (Lipinski definition) is 0. The Kier molecular flexibility index (Phi) is 5.10. The highest BCUT2D eigenvalue weighted by Gasteiger charge is 2.20. The Morgan fingerprint density at radius 3 is 2.39 bits per heavy atom. The molecule has 0 bridgehead atoms. The van der Waals surface area contributed by atoms with Crippen LogP contribution in [0.5, 0.6) is 0 Å². The summed E-state index contributed by atoms with van der Waals surface area (Å²) in [5.74, 6) is 0. The molecule has 2 rings (SSSR count). The molecule has 0 radical (unpaired) electrons. The Labute approximate surface area is 127 Å². The van der Waals surface area contributed by atoms with Crippen molar-refractivity contribution < 1.29 is 0 Å². The molecular formula is C14H20Br2N2. The first-order valence-corrected chi connectivity index (χ1v) is 8.36. The minimum absolute atomic E-state index is 0.660. The molecule has 1 aromatic rings. The van der Waals surface area contributed by atoms with Crippen molar-refractivity contribution >= 4 is 37.5 Å². The van der Waals surface area contributed by atoms with Crippen LogP contribution in [0.4, 0.5) is 5.69 Å². The third-order valence-electron chi connectivity index (χ3n) is 3.57. The molecule has 1 aliphatic heterocycles. The van der Waals surface area contributed by atoms with E-state index in [1.807, 2.05) is 0 Å². The highest BCUT2D eigenvalue weighted by atomic mass is 79.9. The lowest BCUT2D eigenvalue weighted by Crippen LogP contribution is -2.49. The zero-order valence-electron chi connectivity index (χ0n) is 11.0. The lowest BCUT2D eigenvalue weighted by atomic mass is 10.1. The van der Waals surface area contributed by atoms with Crippen molar-refractivity contribution in [2.45, 2.75) is 25.2 Å². The van der Waals surface area contributed by atoms with E-state index in [1.165, 1.54) is 11.3 Å². The van der Waals surface area contributed by atoms with Gasteiger partial charge in [0.15, 0.2) is 0 Å². The van der Waals surface area contributed by atoms with E-state index in [9.17, 15) is 0 Å². The topological polar surface area (TPSA) is 6.48 Å². The molecule has 1 heterocycles. The largest absolute Gasteiger partial charge is 0.369 e. The van der Waals surface area contributed by atoms with Crippen molar-refractivity contribution in [1.82, 2.24) is 4.90 Å². The lowest BCUT2D eigenvalue weighted by molar-refractivity contribution is 0.209. The molecule has 0 amide bonds. The maximum atomic E-state index is 3.59. The van der Waals surface area contributed by atoms with Crippen LogP contribution in [-0.2, 0) is 5.33 Å². The van der Waals surface area contributed by atoms with Crippen LogP contribution in [0.1, 0.15) is 19.4 Å². The number of alkyl halides is 1. The van der Waals surface area contributed by atoms with Gasteiger partial charge < -0.3 is 4.90 Å². The van der Waals surface area contributed by atoms with Gasteiger partial charge in [0.25, 0.3) is 0 Å². The fraction of sp³-hybridized carbons (Fsp3) is 0.571. The number of nitrogens with zero attached hydrogens (tertiary/aromatic N) is 2. The Balaban J connectivity index is 2.09. The van der Waals surface area contributed by atoms with Crippen LogP contribution < -0.4 is 4.90 Å². The number of benzene rings is 1. The second-order valence-corrected chi connectivity index (χ2v) is 6.50. The summed E-state index contributed by atoms with van der Waals surface area (Å²) in [6.45, 7) is 9.13. The summed E-state index contributed by atoms with van der Waals surface area (Å²) >= 11 is 7.13. The van der Waals surface area contributed by atoms with Crippen molar-refractivity contribution in [2.24, 2.45) is 0 Å². The van der Waals surface area contributed by atoms with Gasteiger partial charge in [-0.25, -0.2) is 0 Å². The third kappa shape index (κ3) is 3.28.